The topological polar surface area (TPSA) is 71.4 Å². The van der Waals surface area contributed by atoms with Gasteiger partial charge in [-0.25, -0.2) is 0 Å². The Morgan fingerprint density at radius 3 is 2.44 bits per heavy atom. The molecule has 3 heterocycles. The van der Waals surface area contributed by atoms with Gasteiger partial charge in [0.15, 0.2) is 0 Å². The van der Waals surface area contributed by atoms with Gasteiger partial charge in [-0.15, -0.1) is 11.8 Å². The molecule has 0 aliphatic carbocycles. The van der Waals surface area contributed by atoms with E-state index in [0.29, 0.717) is 18.8 Å². The highest BCUT2D eigenvalue weighted by atomic mass is 32.2. The van der Waals surface area contributed by atoms with E-state index in [4.69, 9.17) is 14.2 Å². The van der Waals surface area contributed by atoms with Gasteiger partial charge >= 0.3 is 0 Å². The number of hydrogen-bond acceptors (Lipinski definition) is 7. The number of nitrogens with zero attached hydrogens (tertiary/aromatic N) is 1. The van der Waals surface area contributed by atoms with Gasteiger partial charge in [0, 0.05) is 19.1 Å². The number of phenolic OH excluding ortho intramolecular Hbond substituents is 2. The van der Waals surface area contributed by atoms with Crippen LogP contribution < -0.4 is 9.47 Å². The first kappa shape index (κ1) is 21.6. The summed E-state index contributed by atoms with van der Waals surface area (Å²) >= 11 is 1.66. The molecular weight excluding hydrogens is 450 g/mol. The Balaban J connectivity index is 1.18. The molecule has 2 N–H and O–H groups in total. The van der Waals surface area contributed by atoms with E-state index in [1.54, 1.807) is 36.0 Å². The standard InChI is InChI=1S/C27H27NO5S/c29-20-5-1-18(2-6-20)27-26(33-24-10-7-21(30)14-25(24)34-27)17-3-8-22(9-4-17)31-12-11-28-15-23-13-19(28)16-32-23/h1-10,14,19,23,26-27,29-30H,11-13,15-16H2/t19?,23?,26-,27+/m0/s1. The second kappa shape index (κ2) is 9.06. The molecule has 0 amide bonds. The van der Waals surface area contributed by atoms with E-state index in [-0.39, 0.29) is 22.9 Å². The molecule has 2 saturated heterocycles. The van der Waals surface area contributed by atoms with Gasteiger partial charge in [-0.05, 0) is 60.0 Å². The molecule has 3 aromatic carbocycles. The monoisotopic (exact) mass is 477 g/mol. The molecule has 3 aliphatic rings. The SMILES string of the molecule is Oc1ccc([C@H]2Sc3cc(O)ccc3O[C@H]2c2ccc(OCCN3CC4CC3CO4)cc2)cc1. The van der Waals surface area contributed by atoms with Gasteiger partial charge < -0.3 is 24.4 Å². The number of fused-ring (bicyclic) bond motifs is 3. The molecule has 34 heavy (non-hydrogen) atoms. The van der Waals surface area contributed by atoms with Gasteiger partial charge in [-0.2, -0.15) is 0 Å². The zero-order valence-corrected chi connectivity index (χ0v) is 19.5. The summed E-state index contributed by atoms with van der Waals surface area (Å²) in [5.74, 6) is 2.05. The molecule has 0 spiro atoms. The van der Waals surface area contributed by atoms with Gasteiger partial charge in [0.25, 0.3) is 0 Å². The van der Waals surface area contributed by atoms with Gasteiger partial charge in [0.1, 0.15) is 35.7 Å². The smallest absolute Gasteiger partial charge is 0.140 e. The molecule has 2 fully saturated rings. The van der Waals surface area contributed by atoms with Crippen molar-refractivity contribution in [1.29, 1.82) is 0 Å². The first-order valence-corrected chi connectivity index (χ1v) is 12.5. The average Bonchev–Trinajstić information content (AvgIpc) is 3.48. The lowest BCUT2D eigenvalue weighted by atomic mass is 10.00. The molecule has 0 saturated carbocycles. The van der Waals surface area contributed by atoms with Gasteiger partial charge in [-0.3, -0.25) is 4.90 Å². The average molecular weight is 478 g/mol. The highest BCUT2D eigenvalue weighted by Gasteiger charge is 2.38. The summed E-state index contributed by atoms with van der Waals surface area (Å²) in [5.41, 5.74) is 2.09. The zero-order chi connectivity index (χ0) is 23.1. The third kappa shape index (κ3) is 4.31. The predicted molar refractivity (Wildman–Crippen MR) is 130 cm³/mol. The molecule has 2 unspecified atom stereocenters. The normalized spacial score (nSPS) is 25.6. The van der Waals surface area contributed by atoms with Crippen LogP contribution in [0.3, 0.4) is 0 Å². The lowest BCUT2D eigenvalue weighted by Gasteiger charge is -2.34. The third-order valence-electron chi connectivity index (χ3n) is 6.80. The first-order valence-electron chi connectivity index (χ1n) is 11.7. The van der Waals surface area contributed by atoms with E-state index in [2.05, 4.69) is 17.0 Å². The van der Waals surface area contributed by atoms with Crippen molar-refractivity contribution in [1.82, 2.24) is 4.90 Å². The molecule has 4 atom stereocenters. The van der Waals surface area contributed by atoms with Gasteiger partial charge in [-0.1, -0.05) is 24.3 Å². The van der Waals surface area contributed by atoms with Crippen molar-refractivity contribution in [3.8, 4) is 23.0 Å². The number of morpholine rings is 1. The Labute approximate surface area is 203 Å². The Morgan fingerprint density at radius 2 is 1.71 bits per heavy atom. The van der Waals surface area contributed by atoms with Crippen molar-refractivity contribution in [2.24, 2.45) is 0 Å². The van der Waals surface area contributed by atoms with Crippen LogP contribution in [0.2, 0.25) is 0 Å². The number of ether oxygens (including phenoxy) is 3. The van der Waals surface area contributed by atoms with Crippen LogP contribution in [0.1, 0.15) is 28.9 Å². The highest BCUT2D eigenvalue weighted by molar-refractivity contribution is 7.99. The number of aromatic hydroxyl groups is 2. The van der Waals surface area contributed by atoms with Crippen LogP contribution in [0.4, 0.5) is 0 Å². The molecule has 6 nitrogen and oxygen atoms in total. The Hall–Kier alpha value is -2.87. The second-order valence-electron chi connectivity index (χ2n) is 9.06. The van der Waals surface area contributed by atoms with E-state index in [1.807, 2.05) is 30.3 Å². The van der Waals surface area contributed by atoms with Crippen molar-refractivity contribution >= 4 is 11.8 Å². The molecular formula is C27H27NO5S. The molecule has 176 valence electrons. The van der Waals surface area contributed by atoms with E-state index >= 15 is 0 Å². The number of benzene rings is 3. The van der Waals surface area contributed by atoms with Crippen molar-refractivity contribution in [2.45, 2.75) is 34.8 Å². The van der Waals surface area contributed by atoms with Crippen LogP contribution in [0.15, 0.2) is 71.6 Å². The quantitative estimate of drug-likeness (QED) is 0.522. The van der Waals surface area contributed by atoms with Crippen molar-refractivity contribution in [3.63, 3.8) is 0 Å². The van der Waals surface area contributed by atoms with Crippen LogP contribution >= 0.6 is 11.8 Å². The maximum absolute atomic E-state index is 9.94. The molecule has 7 heteroatoms. The largest absolute Gasteiger partial charge is 0.508 e. The van der Waals surface area contributed by atoms with Crippen LogP contribution in [0, 0.1) is 0 Å². The summed E-state index contributed by atoms with van der Waals surface area (Å²) < 4.78 is 18.1. The van der Waals surface area contributed by atoms with E-state index in [1.165, 1.54) is 0 Å². The number of thioether (sulfide) groups is 1. The minimum atomic E-state index is -0.221. The molecule has 6 rings (SSSR count). The number of rotatable bonds is 6. The summed E-state index contributed by atoms with van der Waals surface area (Å²) in [5, 5.41) is 19.6. The zero-order valence-electron chi connectivity index (χ0n) is 18.7. The van der Waals surface area contributed by atoms with Crippen LogP contribution in [0.25, 0.3) is 0 Å². The summed E-state index contributed by atoms with van der Waals surface area (Å²) in [4.78, 5) is 3.36. The number of hydrogen-bond donors (Lipinski definition) is 2. The van der Waals surface area contributed by atoms with Crippen LogP contribution in [-0.2, 0) is 4.74 Å². The minimum absolute atomic E-state index is 0.0329. The van der Waals surface area contributed by atoms with Crippen molar-refractivity contribution in [3.05, 3.63) is 77.9 Å². The molecule has 3 aliphatic heterocycles. The fraction of sp³-hybridized carbons (Fsp3) is 0.333. The van der Waals surface area contributed by atoms with E-state index < -0.39 is 0 Å². The Morgan fingerprint density at radius 1 is 0.941 bits per heavy atom. The predicted octanol–water partition coefficient (Wildman–Crippen LogP) is 4.92. The number of phenols is 2. The lowest BCUT2D eigenvalue weighted by Crippen LogP contribution is -2.39. The maximum atomic E-state index is 9.94. The summed E-state index contributed by atoms with van der Waals surface area (Å²) in [6, 6.07) is 21.1. The Kier molecular flexibility index (Phi) is 5.77. The van der Waals surface area contributed by atoms with Crippen LogP contribution in [-0.4, -0.2) is 53.6 Å². The molecule has 3 aromatic rings. The highest BCUT2D eigenvalue weighted by Crippen LogP contribution is 2.54. The summed E-state index contributed by atoms with van der Waals surface area (Å²) in [6.07, 6.45) is 1.34. The summed E-state index contributed by atoms with van der Waals surface area (Å²) in [6.45, 7) is 3.44. The third-order valence-corrected chi connectivity index (χ3v) is 8.15. The lowest BCUT2D eigenvalue weighted by molar-refractivity contribution is 0.0258. The van der Waals surface area contributed by atoms with E-state index in [9.17, 15) is 10.2 Å². The van der Waals surface area contributed by atoms with Crippen molar-refractivity contribution < 1.29 is 24.4 Å². The second-order valence-corrected chi connectivity index (χ2v) is 10.2. The van der Waals surface area contributed by atoms with Crippen molar-refractivity contribution in [2.75, 3.05) is 26.3 Å². The molecule has 0 aromatic heterocycles. The fourth-order valence-electron chi connectivity index (χ4n) is 5.02. The maximum Gasteiger partial charge on any atom is 0.140 e. The Bertz CT molecular complexity index is 1150. The number of likely N-dealkylation sites (tertiary alicyclic amines) is 1. The van der Waals surface area contributed by atoms with E-state index in [0.717, 1.165) is 53.6 Å². The molecule has 2 bridgehead atoms. The molecule has 0 radical (unpaired) electrons. The summed E-state index contributed by atoms with van der Waals surface area (Å²) in [7, 11) is 0. The van der Waals surface area contributed by atoms with Gasteiger partial charge in [0.05, 0.1) is 22.9 Å². The van der Waals surface area contributed by atoms with Gasteiger partial charge in [0.2, 0.25) is 0 Å². The fourth-order valence-corrected chi connectivity index (χ4v) is 6.34. The van der Waals surface area contributed by atoms with Crippen LogP contribution in [0.5, 0.6) is 23.0 Å². The minimum Gasteiger partial charge on any atom is -0.508 e. The first-order chi connectivity index (χ1) is 16.6.